The number of ether oxygens (including phenoxy) is 1. The molecular formula is C25H31N5O5S2. The second kappa shape index (κ2) is 13.5. The summed E-state index contributed by atoms with van der Waals surface area (Å²) in [6, 6.07) is 6.75. The zero-order valence-electron chi connectivity index (χ0n) is 20.9. The summed E-state index contributed by atoms with van der Waals surface area (Å²) in [6.45, 7) is 2.01. The minimum atomic E-state index is -0.918. The van der Waals surface area contributed by atoms with Crippen LogP contribution in [0.15, 0.2) is 48.9 Å². The Bertz CT molecular complexity index is 1090. The van der Waals surface area contributed by atoms with E-state index in [1.54, 1.807) is 13.2 Å². The molecule has 0 bridgehead atoms. The molecule has 37 heavy (non-hydrogen) atoms. The van der Waals surface area contributed by atoms with E-state index in [1.165, 1.54) is 42.1 Å². The van der Waals surface area contributed by atoms with Crippen molar-refractivity contribution in [3.05, 3.63) is 60.2 Å². The van der Waals surface area contributed by atoms with Crippen molar-refractivity contribution in [1.82, 2.24) is 25.9 Å². The van der Waals surface area contributed by atoms with Crippen molar-refractivity contribution < 1.29 is 23.9 Å². The van der Waals surface area contributed by atoms with Gasteiger partial charge in [0.2, 0.25) is 11.8 Å². The fourth-order valence-corrected chi connectivity index (χ4v) is 4.71. The molecule has 0 unspecified atom stereocenters. The number of Topliss-reactive ketones (excluding diaryl/α,β-unsaturated/α-hetero) is 1. The lowest BCUT2D eigenvalue weighted by Crippen LogP contribution is -2.58. The number of carbonyl (C=O) groups excluding carboxylic acids is 4. The third-order valence-electron chi connectivity index (χ3n) is 5.73. The summed E-state index contributed by atoms with van der Waals surface area (Å²) in [6.07, 6.45) is 8.06. The summed E-state index contributed by atoms with van der Waals surface area (Å²) >= 11 is 2.75. The summed E-state index contributed by atoms with van der Waals surface area (Å²) < 4.78 is 5.34. The zero-order valence-corrected chi connectivity index (χ0v) is 22.6. The molecule has 2 aromatic rings. The minimum absolute atomic E-state index is 0.0814. The SMILES string of the molecule is CSC[C@H](NC(=O)c1cnccn1)C(=O)N[C@@H](CSC)C(=O)N[C@@H](Cc1ccccc1)C(=O)[C@@]1(C)CO1. The van der Waals surface area contributed by atoms with Gasteiger partial charge >= 0.3 is 0 Å². The standard InChI is InChI=1S/C25H31N5O5S2/c1-25(15-35-25)21(31)17(11-16-7-5-4-6-8-16)28-23(33)19(13-36-2)30-24(34)20(14-37-3)29-22(32)18-12-26-9-10-27-18/h4-10,12,17,19-20H,11,13-15H2,1-3H3,(H,28,33)(H,29,32)(H,30,34)/t17-,19-,20-,25+/m0/s1. The van der Waals surface area contributed by atoms with Gasteiger partial charge in [-0.25, -0.2) is 4.98 Å². The second-order valence-electron chi connectivity index (χ2n) is 8.72. The summed E-state index contributed by atoms with van der Waals surface area (Å²) in [5.41, 5.74) is 0.0550. The second-order valence-corrected chi connectivity index (χ2v) is 10.5. The molecule has 2 heterocycles. The number of hydrogen-bond donors (Lipinski definition) is 3. The van der Waals surface area contributed by atoms with Gasteiger partial charge in [0.05, 0.1) is 18.8 Å². The maximum absolute atomic E-state index is 13.3. The number of hydrogen-bond acceptors (Lipinski definition) is 9. The van der Waals surface area contributed by atoms with E-state index in [2.05, 4.69) is 25.9 Å². The van der Waals surface area contributed by atoms with Gasteiger partial charge in [-0.2, -0.15) is 23.5 Å². The Balaban J connectivity index is 1.70. The average molecular weight is 546 g/mol. The summed E-state index contributed by atoms with van der Waals surface area (Å²) in [5.74, 6) is -1.18. The minimum Gasteiger partial charge on any atom is -0.361 e. The Morgan fingerprint density at radius 2 is 1.54 bits per heavy atom. The van der Waals surface area contributed by atoms with Gasteiger partial charge < -0.3 is 20.7 Å². The fourth-order valence-electron chi connectivity index (χ4n) is 3.57. The Hall–Kier alpha value is -2.96. The van der Waals surface area contributed by atoms with E-state index in [1.807, 2.05) is 36.6 Å². The topological polar surface area (TPSA) is 143 Å². The van der Waals surface area contributed by atoms with E-state index in [0.717, 1.165) is 5.56 Å². The first-order valence-electron chi connectivity index (χ1n) is 11.6. The van der Waals surface area contributed by atoms with Gasteiger partial charge in [0.15, 0.2) is 5.78 Å². The number of thioether (sulfide) groups is 2. The number of benzene rings is 1. The van der Waals surface area contributed by atoms with E-state index in [-0.39, 0.29) is 23.0 Å². The van der Waals surface area contributed by atoms with Crippen molar-refractivity contribution in [2.24, 2.45) is 0 Å². The lowest BCUT2D eigenvalue weighted by molar-refractivity contribution is -0.132. The number of carbonyl (C=O) groups is 4. The predicted octanol–water partition coefficient (Wildman–Crippen LogP) is 0.871. The molecule has 1 saturated heterocycles. The lowest BCUT2D eigenvalue weighted by atomic mass is 9.94. The highest BCUT2D eigenvalue weighted by molar-refractivity contribution is 7.98. The fraction of sp³-hybridized carbons (Fsp3) is 0.440. The molecule has 12 heteroatoms. The van der Waals surface area contributed by atoms with Crippen LogP contribution in [0.4, 0.5) is 0 Å². The highest BCUT2D eigenvalue weighted by Crippen LogP contribution is 2.29. The van der Waals surface area contributed by atoms with E-state index in [0.29, 0.717) is 13.0 Å². The van der Waals surface area contributed by atoms with E-state index >= 15 is 0 Å². The average Bonchev–Trinajstić information content (AvgIpc) is 3.66. The molecule has 3 rings (SSSR count). The number of epoxide rings is 1. The van der Waals surface area contributed by atoms with Crippen molar-refractivity contribution in [1.29, 1.82) is 0 Å². The number of nitrogens with one attached hydrogen (secondary N) is 3. The first-order chi connectivity index (χ1) is 17.8. The number of rotatable bonds is 14. The molecule has 1 aromatic carbocycles. The molecule has 1 aliphatic heterocycles. The highest BCUT2D eigenvalue weighted by Gasteiger charge is 2.50. The Kier molecular flexibility index (Phi) is 10.5. The molecule has 0 aliphatic carbocycles. The molecule has 1 aromatic heterocycles. The molecule has 0 spiro atoms. The Morgan fingerprint density at radius 1 is 0.946 bits per heavy atom. The molecule has 0 saturated carbocycles. The molecule has 10 nitrogen and oxygen atoms in total. The van der Waals surface area contributed by atoms with Crippen molar-refractivity contribution >= 4 is 47.0 Å². The number of amides is 3. The van der Waals surface area contributed by atoms with E-state index in [9.17, 15) is 19.2 Å². The largest absolute Gasteiger partial charge is 0.361 e. The quantitative estimate of drug-likeness (QED) is 0.295. The third kappa shape index (κ3) is 8.27. The number of ketones is 1. The molecule has 1 fully saturated rings. The Labute approximate surface area is 224 Å². The van der Waals surface area contributed by atoms with Crippen molar-refractivity contribution in [3.63, 3.8) is 0 Å². The van der Waals surface area contributed by atoms with E-state index in [4.69, 9.17) is 4.74 Å². The van der Waals surface area contributed by atoms with Gasteiger partial charge in [0.25, 0.3) is 5.91 Å². The molecular weight excluding hydrogens is 514 g/mol. The zero-order chi connectivity index (χ0) is 26.8. The normalized spacial score (nSPS) is 18.7. The lowest BCUT2D eigenvalue weighted by Gasteiger charge is -2.25. The number of aromatic nitrogens is 2. The van der Waals surface area contributed by atoms with Gasteiger partial charge in [-0.1, -0.05) is 30.3 Å². The summed E-state index contributed by atoms with van der Waals surface area (Å²) in [7, 11) is 0. The van der Waals surface area contributed by atoms with Gasteiger partial charge in [-0.05, 0) is 31.4 Å². The maximum Gasteiger partial charge on any atom is 0.272 e. The van der Waals surface area contributed by atoms with Crippen LogP contribution in [0.1, 0.15) is 23.0 Å². The van der Waals surface area contributed by atoms with Crippen LogP contribution in [0.2, 0.25) is 0 Å². The van der Waals surface area contributed by atoms with Crippen LogP contribution in [-0.2, 0) is 25.5 Å². The van der Waals surface area contributed by atoms with Crippen LogP contribution in [-0.4, -0.2) is 87.8 Å². The van der Waals surface area contributed by atoms with Gasteiger partial charge in [0, 0.05) is 23.9 Å². The van der Waals surface area contributed by atoms with Gasteiger partial charge in [-0.3, -0.25) is 24.2 Å². The summed E-state index contributed by atoms with van der Waals surface area (Å²) in [5, 5.41) is 8.23. The van der Waals surface area contributed by atoms with Crippen molar-refractivity contribution in [3.8, 4) is 0 Å². The van der Waals surface area contributed by atoms with Crippen LogP contribution in [0, 0.1) is 0 Å². The Morgan fingerprint density at radius 3 is 2.08 bits per heavy atom. The third-order valence-corrected chi connectivity index (χ3v) is 7.06. The summed E-state index contributed by atoms with van der Waals surface area (Å²) in [4.78, 5) is 59.9. The van der Waals surface area contributed by atoms with Crippen LogP contribution < -0.4 is 16.0 Å². The predicted molar refractivity (Wildman–Crippen MR) is 143 cm³/mol. The molecule has 3 amide bonds. The molecule has 1 aliphatic rings. The van der Waals surface area contributed by atoms with Gasteiger partial charge in [-0.15, -0.1) is 0 Å². The molecule has 4 atom stereocenters. The van der Waals surface area contributed by atoms with Crippen LogP contribution in [0.25, 0.3) is 0 Å². The van der Waals surface area contributed by atoms with Crippen molar-refractivity contribution in [2.75, 3.05) is 30.6 Å². The van der Waals surface area contributed by atoms with Crippen LogP contribution in [0.3, 0.4) is 0 Å². The molecule has 198 valence electrons. The first-order valence-corrected chi connectivity index (χ1v) is 14.4. The van der Waals surface area contributed by atoms with Crippen LogP contribution in [0.5, 0.6) is 0 Å². The van der Waals surface area contributed by atoms with E-state index < -0.39 is 41.4 Å². The van der Waals surface area contributed by atoms with Gasteiger partial charge in [0.1, 0.15) is 23.4 Å². The monoisotopic (exact) mass is 545 g/mol. The number of nitrogens with zero attached hydrogens (tertiary/aromatic N) is 2. The maximum atomic E-state index is 13.3. The molecule has 0 radical (unpaired) electrons. The highest BCUT2D eigenvalue weighted by atomic mass is 32.2. The smallest absolute Gasteiger partial charge is 0.272 e. The van der Waals surface area contributed by atoms with Crippen molar-refractivity contribution in [2.45, 2.75) is 37.1 Å². The first kappa shape index (κ1) is 28.6. The van der Waals surface area contributed by atoms with Crippen LogP contribution >= 0.6 is 23.5 Å². The molecule has 3 N–H and O–H groups in total.